The van der Waals surface area contributed by atoms with E-state index in [-0.39, 0.29) is 5.91 Å². The molecule has 0 atom stereocenters. The smallest absolute Gasteiger partial charge is 0.258 e. The first-order valence-corrected chi connectivity index (χ1v) is 7.82. The third kappa shape index (κ3) is 3.50. The molecule has 1 amide bonds. The Morgan fingerprint density at radius 3 is 2.22 bits per heavy atom. The molecule has 0 fully saturated rings. The van der Waals surface area contributed by atoms with Crippen LogP contribution in [-0.2, 0) is 7.05 Å². The minimum atomic E-state index is -0.354. The minimum Gasteiger partial charge on any atom is -0.493 e. The number of hydrogen-bond acceptors (Lipinski definition) is 7. The van der Waals surface area contributed by atoms with Crippen molar-refractivity contribution in [3.63, 3.8) is 0 Å². The summed E-state index contributed by atoms with van der Waals surface area (Å²) in [7, 11) is 6.19. The summed E-state index contributed by atoms with van der Waals surface area (Å²) in [6, 6.07) is 3.14. The van der Waals surface area contributed by atoms with Gasteiger partial charge in [0.05, 0.1) is 21.3 Å². The molecular weight excluding hydrogens is 320 g/mol. The van der Waals surface area contributed by atoms with Crippen molar-refractivity contribution in [1.29, 1.82) is 0 Å². The zero-order valence-corrected chi connectivity index (χ0v) is 14.4. The molecule has 1 aromatic carbocycles. The van der Waals surface area contributed by atoms with Gasteiger partial charge in [0.15, 0.2) is 11.5 Å². The van der Waals surface area contributed by atoms with Gasteiger partial charge in [-0.25, -0.2) is 4.68 Å². The molecule has 0 aliphatic carbocycles. The monoisotopic (exact) mass is 338 g/mol. The fourth-order valence-corrected chi connectivity index (χ4v) is 2.32. The predicted molar refractivity (Wildman–Crippen MR) is 86.8 cm³/mol. The second-order valence-electron chi connectivity index (χ2n) is 4.41. The summed E-state index contributed by atoms with van der Waals surface area (Å²) in [5.41, 5.74) is 0.355. The van der Waals surface area contributed by atoms with E-state index in [2.05, 4.69) is 15.4 Å². The van der Waals surface area contributed by atoms with Crippen molar-refractivity contribution in [2.24, 2.45) is 7.05 Å². The van der Waals surface area contributed by atoms with E-state index < -0.39 is 0 Å². The zero-order valence-electron chi connectivity index (χ0n) is 13.5. The predicted octanol–water partition coefficient (Wildman–Crippen LogP) is 1.82. The Morgan fingerprint density at radius 1 is 1.17 bits per heavy atom. The minimum absolute atomic E-state index is 0.354. The maximum atomic E-state index is 12.4. The van der Waals surface area contributed by atoms with E-state index in [0.29, 0.717) is 33.9 Å². The van der Waals surface area contributed by atoms with Crippen LogP contribution in [0.2, 0.25) is 0 Å². The van der Waals surface area contributed by atoms with E-state index in [1.807, 2.05) is 6.26 Å². The molecule has 2 aromatic rings. The number of rotatable bonds is 6. The van der Waals surface area contributed by atoms with Gasteiger partial charge in [0.25, 0.3) is 5.91 Å². The number of carbonyl (C=O) groups excluding carboxylic acids is 1. The Bertz CT molecular complexity index is 692. The molecule has 0 saturated carbocycles. The lowest BCUT2D eigenvalue weighted by Gasteiger charge is -2.13. The first-order valence-electron chi connectivity index (χ1n) is 6.60. The van der Waals surface area contributed by atoms with Gasteiger partial charge < -0.3 is 14.2 Å². The lowest BCUT2D eigenvalue weighted by molar-refractivity contribution is 0.102. The van der Waals surface area contributed by atoms with Gasteiger partial charge in [-0.2, -0.15) is 4.98 Å². The normalized spacial score (nSPS) is 10.3. The summed E-state index contributed by atoms with van der Waals surface area (Å²) in [6.45, 7) is 0. The van der Waals surface area contributed by atoms with Crippen LogP contribution in [0.5, 0.6) is 17.2 Å². The van der Waals surface area contributed by atoms with E-state index >= 15 is 0 Å². The molecule has 0 spiro atoms. The van der Waals surface area contributed by atoms with Crippen molar-refractivity contribution in [2.75, 3.05) is 32.9 Å². The second kappa shape index (κ2) is 7.23. The Morgan fingerprint density at radius 2 is 1.78 bits per heavy atom. The van der Waals surface area contributed by atoms with Gasteiger partial charge in [-0.1, -0.05) is 11.8 Å². The number of aryl methyl sites for hydroxylation is 1. The standard InChI is InChI=1S/C14H18N4O4S/c1-18-13(16-14(17-18)23-5)15-12(19)8-6-9(20-2)11(22-4)10(7-8)21-3/h6-7H,1-5H3,(H,15,16,17,19). The maximum absolute atomic E-state index is 12.4. The molecule has 0 bridgehead atoms. The number of nitrogens with one attached hydrogen (secondary N) is 1. The molecule has 0 saturated heterocycles. The average molecular weight is 338 g/mol. The summed E-state index contributed by atoms with van der Waals surface area (Å²) in [4.78, 5) is 16.7. The fraction of sp³-hybridized carbons (Fsp3) is 0.357. The molecule has 23 heavy (non-hydrogen) atoms. The molecular formula is C14H18N4O4S. The van der Waals surface area contributed by atoms with Gasteiger partial charge in [-0.05, 0) is 18.4 Å². The SMILES string of the molecule is COc1cc(C(=O)Nc2nc(SC)nn2C)cc(OC)c1OC. The highest BCUT2D eigenvalue weighted by molar-refractivity contribution is 7.98. The van der Waals surface area contributed by atoms with Crippen LogP contribution in [0.3, 0.4) is 0 Å². The van der Waals surface area contributed by atoms with Crippen LogP contribution >= 0.6 is 11.8 Å². The molecule has 8 nitrogen and oxygen atoms in total. The average Bonchev–Trinajstić information content (AvgIpc) is 2.93. The molecule has 1 heterocycles. The number of aromatic nitrogens is 3. The number of thioether (sulfide) groups is 1. The first-order chi connectivity index (χ1) is 11.0. The van der Waals surface area contributed by atoms with E-state index in [1.54, 1.807) is 19.2 Å². The van der Waals surface area contributed by atoms with Gasteiger partial charge in [-0.15, -0.1) is 5.10 Å². The zero-order chi connectivity index (χ0) is 17.0. The molecule has 0 aliphatic rings. The highest BCUT2D eigenvalue weighted by atomic mass is 32.2. The topological polar surface area (TPSA) is 87.5 Å². The summed E-state index contributed by atoms with van der Waals surface area (Å²) in [5, 5.41) is 7.44. The van der Waals surface area contributed by atoms with E-state index in [1.165, 1.54) is 37.8 Å². The quantitative estimate of drug-likeness (QED) is 0.804. The first kappa shape index (κ1) is 16.9. The van der Waals surface area contributed by atoms with Crippen LogP contribution in [0.4, 0.5) is 5.95 Å². The number of methoxy groups -OCH3 is 3. The molecule has 0 unspecified atom stereocenters. The van der Waals surface area contributed by atoms with Gasteiger partial charge in [0, 0.05) is 12.6 Å². The number of anilines is 1. The van der Waals surface area contributed by atoms with Crippen LogP contribution in [0.25, 0.3) is 0 Å². The van der Waals surface area contributed by atoms with Crippen LogP contribution in [-0.4, -0.2) is 48.3 Å². The van der Waals surface area contributed by atoms with Crippen molar-refractivity contribution >= 4 is 23.6 Å². The number of nitrogens with zero attached hydrogens (tertiary/aromatic N) is 3. The number of amides is 1. The Balaban J connectivity index is 2.33. The fourth-order valence-electron chi connectivity index (χ4n) is 1.94. The van der Waals surface area contributed by atoms with Gasteiger partial charge in [-0.3, -0.25) is 10.1 Å². The summed E-state index contributed by atoms with van der Waals surface area (Å²) in [5.74, 6) is 1.23. The Labute approximate surface area is 138 Å². The highest BCUT2D eigenvalue weighted by Gasteiger charge is 2.18. The van der Waals surface area contributed by atoms with Crippen molar-refractivity contribution < 1.29 is 19.0 Å². The molecule has 0 radical (unpaired) electrons. The van der Waals surface area contributed by atoms with E-state index in [0.717, 1.165) is 0 Å². The highest BCUT2D eigenvalue weighted by Crippen LogP contribution is 2.38. The van der Waals surface area contributed by atoms with Crippen LogP contribution in [0, 0.1) is 0 Å². The maximum Gasteiger partial charge on any atom is 0.258 e. The van der Waals surface area contributed by atoms with Crippen molar-refractivity contribution in [2.45, 2.75) is 5.16 Å². The Hall–Kier alpha value is -2.42. The molecule has 124 valence electrons. The lowest BCUT2D eigenvalue weighted by Crippen LogP contribution is -2.15. The lowest BCUT2D eigenvalue weighted by atomic mass is 10.1. The van der Waals surface area contributed by atoms with E-state index in [4.69, 9.17) is 14.2 Å². The third-order valence-corrected chi connectivity index (χ3v) is 3.62. The summed E-state index contributed by atoms with van der Waals surface area (Å²) < 4.78 is 17.2. The Kier molecular flexibility index (Phi) is 5.32. The third-order valence-electron chi connectivity index (χ3n) is 3.08. The number of ether oxygens (including phenoxy) is 3. The summed E-state index contributed by atoms with van der Waals surface area (Å²) >= 11 is 1.39. The summed E-state index contributed by atoms with van der Waals surface area (Å²) in [6.07, 6.45) is 1.86. The molecule has 9 heteroatoms. The van der Waals surface area contributed by atoms with Crippen molar-refractivity contribution in [1.82, 2.24) is 14.8 Å². The second-order valence-corrected chi connectivity index (χ2v) is 5.19. The van der Waals surface area contributed by atoms with Crippen molar-refractivity contribution in [3.8, 4) is 17.2 Å². The van der Waals surface area contributed by atoms with Gasteiger partial charge >= 0.3 is 0 Å². The number of hydrogen-bond donors (Lipinski definition) is 1. The van der Waals surface area contributed by atoms with E-state index in [9.17, 15) is 4.79 Å². The van der Waals surface area contributed by atoms with Gasteiger partial charge in [0.1, 0.15) is 0 Å². The van der Waals surface area contributed by atoms with Crippen LogP contribution < -0.4 is 19.5 Å². The number of benzene rings is 1. The molecule has 0 aliphatic heterocycles. The van der Waals surface area contributed by atoms with Crippen LogP contribution in [0.15, 0.2) is 17.3 Å². The van der Waals surface area contributed by atoms with Crippen LogP contribution in [0.1, 0.15) is 10.4 Å². The number of carbonyl (C=O) groups is 1. The molecule has 1 N–H and O–H groups in total. The molecule has 1 aromatic heterocycles. The molecule has 2 rings (SSSR count). The van der Waals surface area contributed by atoms with Crippen molar-refractivity contribution in [3.05, 3.63) is 17.7 Å². The van der Waals surface area contributed by atoms with Gasteiger partial charge in [0.2, 0.25) is 16.9 Å². The largest absolute Gasteiger partial charge is 0.493 e.